The molecule has 0 aliphatic heterocycles. The maximum atomic E-state index is 4.23. The molecule has 0 bridgehead atoms. The van der Waals surface area contributed by atoms with Gasteiger partial charge in [0.05, 0.1) is 12.4 Å². The number of hydrogen-bond donors (Lipinski definition) is 0. The summed E-state index contributed by atoms with van der Waals surface area (Å²) in [5.41, 5.74) is 3.03. The van der Waals surface area contributed by atoms with Gasteiger partial charge in [-0.15, -0.1) is 0 Å². The Balaban J connectivity index is 1.74. The van der Waals surface area contributed by atoms with E-state index >= 15 is 0 Å². The van der Waals surface area contributed by atoms with E-state index in [0.717, 1.165) is 12.8 Å². The number of rotatable bonds is 5. The number of allylic oxidation sites excluding steroid dienone is 2. The van der Waals surface area contributed by atoms with Crippen LogP contribution in [0, 0.1) is 0 Å². The Morgan fingerprint density at radius 2 is 2.05 bits per heavy atom. The van der Waals surface area contributed by atoms with Gasteiger partial charge < -0.3 is 4.57 Å². The maximum absolute atomic E-state index is 4.23. The fraction of sp³-hybridized carbons (Fsp3) is 0.389. The highest BCUT2D eigenvalue weighted by Crippen LogP contribution is 2.31. The van der Waals surface area contributed by atoms with Crippen molar-refractivity contribution in [1.82, 2.24) is 9.55 Å². The normalized spacial score (nSPS) is 16.7. The van der Waals surface area contributed by atoms with Crippen molar-refractivity contribution in [3.8, 4) is 0 Å². The highest BCUT2D eigenvalue weighted by atomic mass is 15.0. The third-order valence-corrected chi connectivity index (χ3v) is 4.19. The van der Waals surface area contributed by atoms with Crippen molar-refractivity contribution in [3.63, 3.8) is 0 Å². The zero-order valence-corrected chi connectivity index (χ0v) is 11.9. The largest absolute Gasteiger partial charge is 0.330 e. The monoisotopic (exact) mass is 266 g/mol. The summed E-state index contributed by atoms with van der Waals surface area (Å²) in [4.78, 5) is 4.23. The Morgan fingerprint density at radius 1 is 1.15 bits per heavy atom. The van der Waals surface area contributed by atoms with E-state index in [1.54, 1.807) is 5.57 Å². The zero-order chi connectivity index (χ0) is 13.6. The molecule has 0 fully saturated rings. The molecular formula is C18H22N2. The van der Waals surface area contributed by atoms with Crippen LogP contribution < -0.4 is 0 Å². The summed E-state index contributed by atoms with van der Waals surface area (Å²) < 4.78 is 2.28. The molecule has 0 saturated carbocycles. The summed E-state index contributed by atoms with van der Waals surface area (Å²) >= 11 is 0. The molecule has 0 amide bonds. The SMILES string of the molecule is C1=C(C(CCc2ccccc2)n2ccnc2)CCCC1. The van der Waals surface area contributed by atoms with E-state index in [9.17, 15) is 0 Å². The zero-order valence-electron chi connectivity index (χ0n) is 11.9. The van der Waals surface area contributed by atoms with Crippen LogP contribution in [0.1, 0.15) is 43.7 Å². The number of nitrogens with zero attached hydrogens (tertiary/aromatic N) is 2. The molecule has 1 aromatic carbocycles. The Morgan fingerprint density at radius 3 is 2.75 bits per heavy atom. The molecule has 104 valence electrons. The molecule has 2 aromatic rings. The third-order valence-electron chi connectivity index (χ3n) is 4.19. The average Bonchev–Trinajstić information content (AvgIpc) is 3.04. The first-order valence-corrected chi connectivity index (χ1v) is 7.64. The van der Waals surface area contributed by atoms with Gasteiger partial charge in [-0.25, -0.2) is 4.98 Å². The fourth-order valence-corrected chi connectivity index (χ4v) is 3.09. The van der Waals surface area contributed by atoms with E-state index in [-0.39, 0.29) is 0 Å². The number of aromatic nitrogens is 2. The van der Waals surface area contributed by atoms with Crippen molar-refractivity contribution >= 4 is 0 Å². The van der Waals surface area contributed by atoms with Gasteiger partial charge in [-0.1, -0.05) is 42.0 Å². The molecule has 1 unspecified atom stereocenters. The van der Waals surface area contributed by atoms with Gasteiger partial charge in [0.15, 0.2) is 0 Å². The lowest BCUT2D eigenvalue weighted by Gasteiger charge is -2.24. The molecule has 1 aliphatic carbocycles. The standard InChI is InChI=1S/C18H22N2/c1-3-7-16(8-4-1)11-12-18(20-14-13-19-15-20)17-9-5-2-6-10-17/h1,3-4,7-9,13-15,18H,2,5-6,10-12H2. The van der Waals surface area contributed by atoms with Crippen LogP contribution in [0.15, 0.2) is 60.7 Å². The van der Waals surface area contributed by atoms with Gasteiger partial charge >= 0.3 is 0 Å². The van der Waals surface area contributed by atoms with E-state index in [2.05, 4.69) is 52.2 Å². The van der Waals surface area contributed by atoms with E-state index in [0.29, 0.717) is 6.04 Å². The van der Waals surface area contributed by atoms with E-state index in [1.807, 2.05) is 12.5 Å². The smallest absolute Gasteiger partial charge is 0.0951 e. The van der Waals surface area contributed by atoms with Crippen molar-refractivity contribution < 1.29 is 0 Å². The van der Waals surface area contributed by atoms with E-state index in [1.165, 1.54) is 31.2 Å². The van der Waals surface area contributed by atoms with Crippen LogP contribution in [0.25, 0.3) is 0 Å². The van der Waals surface area contributed by atoms with Crippen LogP contribution in [0.2, 0.25) is 0 Å². The summed E-state index contributed by atoms with van der Waals surface area (Å²) in [5, 5.41) is 0. The Bertz CT molecular complexity index is 540. The second kappa shape index (κ2) is 6.56. The quantitative estimate of drug-likeness (QED) is 0.725. The fourth-order valence-electron chi connectivity index (χ4n) is 3.09. The van der Waals surface area contributed by atoms with Crippen LogP contribution in [0.5, 0.6) is 0 Å². The van der Waals surface area contributed by atoms with Gasteiger partial charge in [-0.3, -0.25) is 0 Å². The molecule has 0 radical (unpaired) electrons. The van der Waals surface area contributed by atoms with Crippen LogP contribution >= 0.6 is 0 Å². The van der Waals surface area contributed by atoms with Gasteiger partial charge in [-0.2, -0.15) is 0 Å². The number of imidazole rings is 1. The van der Waals surface area contributed by atoms with Gasteiger partial charge in [0.1, 0.15) is 0 Å². The number of aryl methyl sites for hydroxylation is 1. The van der Waals surface area contributed by atoms with Crippen molar-refractivity contribution in [2.75, 3.05) is 0 Å². The number of hydrogen-bond acceptors (Lipinski definition) is 1. The van der Waals surface area contributed by atoms with Crippen molar-refractivity contribution in [3.05, 3.63) is 66.3 Å². The van der Waals surface area contributed by atoms with E-state index < -0.39 is 0 Å². The van der Waals surface area contributed by atoms with Crippen LogP contribution in [-0.2, 0) is 6.42 Å². The predicted octanol–water partition coefficient (Wildman–Crippen LogP) is 4.56. The summed E-state index contributed by atoms with van der Waals surface area (Å²) in [6.45, 7) is 0. The first-order chi connectivity index (χ1) is 9.93. The highest BCUT2D eigenvalue weighted by molar-refractivity contribution is 5.17. The molecule has 2 heteroatoms. The highest BCUT2D eigenvalue weighted by Gasteiger charge is 2.17. The second-order valence-corrected chi connectivity index (χ2v) is 5.57. The molecule has 0 spiro atoms. The molecule has 2 nitrogen and oxygen atoms in total. The summed E-state index contributed by atoms with van der Waals surface area (Å²) in [6.07, 6.45) is 15.9. The molecule has 1 atom stereocenters. The minimum atomic E-state index is 0.484. The van der Waals surface area contributed by atoms with E-state index in [4.69, 9.17) is 0 Å². The average molecular weight is 266 g/mol. The molecule has 1 aliphatic rings. The summed E-state index contributed by atoms with van der Waals surface area (Å²) in [5.74, 6) is 0. The third kappa shape index (κ3) is 3.19. The topological polar surface area (TPSA) is 17.8 Å². The maximum Gasteiger partial charge on any atom is 0.0951 e. The Labute approximate surface area is 121 Å². The predicted molar refractivity (Wildman–Crippen MR) is 82.6 cm³/mol. The first-order valence-electron chi connectivity index (χ1n) is 7.64. The summed E-state index contributed by atoms with van der Waals surface area (Å²) in [7, 11) is 0. The first kappa shape index (κ1) is 13.2. The Hall–Kier alpha value is -1.83. The molecule has 0 N–H and O–H groups in total. The van der Waals surface area contributed by atoms with Crippen LogP contribution in [0.4, 0.5) is 0 Å². The minimum Gasteiger partial charge on any atom is -0.330 e. The lowest BCUT2D eigenvalue weighted by Crippen LogP contribution is -2.13. The van der Waals surface area contributed by atoms with Crippen molar-refractivity contribution in [2.45, 2.75) is 44.6 Å². The molecule has 0 saturated heterocycles. The molecule has 1 aromatic heterocycles. The number of benzene rings is 1. The lowest BCUT2D eigenvalue weighted by molar-refractivity contribution is 0.494. The minimum absolute atomic E-state index is 0.484. The molecule has 3 rings (SSSR count). The molecule has 1 heterocycles. The van der Waals surface area contributed by atoms with Gasteiger partial charge in [0, 0.05) is 12.4 Å². The van der Waals surface area contributed by atoms with Crippen molar-refractivity contribution in [1.29, 1.82) is 0 Å². The summed E-state index contributed by atoms with van der Waals surface area (Å²) in [6, 6.07) is 11.3. The van der Waals surface area contributed by atoms with Gasteiger partial charge in [-0.05, 0) is 44.1 Å². The van der Waals surface area contributed by atoms with Gasteiger partial charge in [0.2, 0.25) is 0 Å². The van der Waals surface area contributed by atoms with Crippen LogP contribution in [-0.4, -0.2) is 9.55 Å². The lowest BCUT2D eigenvalue weighted by atomic mass is 9.90. The molecule has 20 heavy (non-hydrogen) atoms. The molecular weight excluding hydrogens is 244 g/mol. The van der Waals surface area contributed by atoms with Gasteiger partial charge in [0.25, 0.3) is 0 Å². The van der Waals surface area contributed by atoms with Crippen molar-refractivity contribution in [2.24, 2.45) is 0 Å². The van der Waals surface area contributed by atoms with Crippen LogP contribution in [0.3, 0.4) is 0 Å². The Kier molecular flexibility index (Phi) is 4.32. The second-order valence-electron chi connectivity index (χ2n) is 5.57.